The van der Waals surface area contributed by atoms with Gasteiger partial charge in [-0.15, -0.1) is 10.2 Å². The molecule has 0 spiro atoms. The van der Waals surface area contributed by atoms with Crippen LogP contribution in [0.25, 0.3) is 0 Å². The van der Waals surface area contributed by atoms with Crippen molar-refractivity contribution in [1.82, 2.24) is 10.2 Å². The first-order valence-electron chi connectivity index (χ1n) is 4.64. The van der Waals surface area contributed by atoms with Gasteiger partial charge in [-0.25, -0.2) is 0 Å². The summed E-state index contributed by atoms with van der Waals surface area (Å²) in [5, 5.41) is 8.95. The first-order valence-corrected chi connectivity index (χ1v) is 5.52. The molecule has 2 rings (SSSR count). The normalized spacial score (nSPS) is 17.0. The summed E-state index contributed by atoms with van der Waals surface area (Å²) >= 11 is 1.60. The molecule has 0 unspecified atom stereocenters. The fourth-order valence-electron chi connectivity index (χ4n) is 1.56. The smallest absolute Gasteiger partial charge is 0.208 e. The zero-order valence-electron chi connectivity index (χ0n) is 7.52. The Labute approximate surface area is 81.8 Å². The summed E-state index contributed by atoms with van der Waals surface area (Å²) in [6.07, 6.45) is 3.89. The monoisotopic (exact) mass is 198 g/mol. The molecule has 2 N–H and O–H groups in total. The molecule has 0 saturated heterocycles. The zero-order chi connectivity index (χ0) is 9.10. The van der Waals surface area contributed by atoms with Crippen molar-refractivity contribution in [3.8, 4) is 0 Å². The van der Waals surface area contributed by atoms with Crippen LogP contribution in [0.1, 0.15) is 19.3 Å². The van der Waals surface area contributed by atoms with Crippen molar-refractivity contribution in [2.24, 2.45) is 5.73 Å². The van der Waals surface area contributed by atoms with Crippen LogP contribution in [0.4, 0.5) is 5.13 Å². The molecule has 0 aromatic carbocycles. The highest BCUT2D eigenvalue weighted by Gasteiger charge is 2.26. The number of anilines is 1. The maximum atomic E-state index is 5.57. The minimum absolute atomic E-state index is 0.663. The van der Waals surface area contributed by atoms with E-state index in [4.69, 9.17) is 5.73 Å². The third-order valence-corrected chi connectivity index (χ3v) is 3.21. The molecule has 1 heterocycles. The number of hydrogen-bond donors (Lipinski definition) is 1. The fraction of sp³-hybridized carbons (Fsp3) is 0.750. The Bertz CT molecular complexity index is 245. The third-order valence-electron chi connectivity index (χ3n) is 2.48. The maximum absolute atomic E-state index is 5.57. The molecule has 1 aliphatic carbocycles. The van der Waals surface area contributed by atoms with Gasteiger partial charge in [0.2, 0.25) is 5.13 Å². The van der Waals surface area contributed by atoms with E-state index in [1.807, 2.05) is 0 Å². The van der Waals surface area contributed by atoms with Crippen molar-refractivity contribution in [2.75, 3.05) is 18.0 Å². The Morgan fingerprint density at radius 1 is 1.62 bits per heavy atom. The third kappa shape index (κ3) is 1.81. The summed E-state index contributed by atoms with van der Waals surface area (Å²) < 4.78 is 0. The van der Waals surface area contributed by atoms with Crippen molar-refractivity contribution >= 4 is 16.5 Å². The summed E-state index contributed by atoms with van der Waals surface area (Å²) in [6.45, 7) is 1.59. The van der Waals surface area contributed by atoms with Gasteiger partial charge in [0.1, 0.15) is 5.51 Å². The predicted octanol–water partition coefficient (Wildman–Crippen LogP) is 0.856. The molecule has 72 valence electrons. The van der Waals surface area contributed by atoms with Crippen LogP contribution in [-0.4, -0.2) is 29.3 Å². The topological polar surface area (TPSA) is 55.0 Å². The Morgan fingerprint density at radius 2 is 2.46 bits per heavy atom. The lowest BCUT2D eigenvalue weighted by atomic mass is 9.92. The number of rotatable bonds is 4. The summed E-state index contributed by atoms with van der Waals surface area (Å²) in [7, 11) is 0. The van der Waals surface area contributed by atoms with E-state index in [-0.39, 0.29) is 0 Å². The minimum Gasteiger partial charge on any atom is -0.342 e. The molecule has 0 amide bonds. The van der Waals surface area contributed by atoms with Crippen LogP contribution in [0.2, 0.25) is 0 Å². The largest absolute Gasteiger partial charge is 0.342 e. The van der Waals surface area contributed by atoms with E-state index in [9.17, 15) is 0 Å². The van der Waals surface area contributed by atoms with Crippen LogP contribution in [-0.2, 0) is 0 Å². The summed E-state index contributed by atoms with van der Waals surface area (Å²) in [5.41, 5.74) is 7.34. The van der Waals surface area contributed by atoms with Gasteiger partial charge in [0.05, 0.1) is 0 Å². The van der Waals surface area contributed by atoms with Crippen molar-refractivity contribution in [2.45, 2.75) is 25.3 Å². The number of nitrogens with two attached hydrogens (primary N) is 1. The molecular weight excluding hydrogens is 184 g/mol. The Balaban J connectivity index is 2.04. The van der Waals surface area contributed by atoms with Crippen LogP contribution in [0, 0.1) is 0 Å². The molecule has 1 aliphatic rings. The van der Waals surface area contributed by atoms with Gasteiger partial charge >= 0.3 is 0 Å². The summed E-state index contributed by atoms with van der Waals surface area (Å²) in [6, 6.07) is 0.663. The van der Waals surface area contributed by atoms with Gasteiger partial charge in [-0.1, -0.05) is 11.3 Å². The number of aromatic nitrogens is 2. The highest BCUT2D eigenvalue weighted by atomic mass is 32.1. The average Bonchev–Trinajstić information content (AvgIpc) is 2.51. The first kappa shape index (κ1) is 8.90. The second-order valence-corrected chi connectivity index (χ2v) is 4.10. The highest BCUT2D eigenvalue weighted by Crippen LogP contribution is 2.29. The summed E-state index contributed by atoms with van der Waals surface area (Å²) in [5.74, 6) is 0. The van der Waals surface area contributed by atoms with E-state index < -0.39 is 0 Å². The van der Waals surface area contributed by atoms with Gasteiger partial charge in [0.15, 0.2) is 0 Å². The van der Waals surface area contributed by atoms with Gasteiger partial charge in [0, 0.05) is 19.1 Å². The first-order chi connectivity index (χ1) is 6.42. The second kappa shape index (κ2) is 4.02. The zero-order valence-corrected chi connectivity index (χ0v) is 8.33. The molecule has 0 bridgehead atoms. The van der Waals surface area contributed by atoms with Gasteiger partial charge in [0.25, 0.3) is 0 Å². The fourth-order valence-corrected chi connectivity index (χ4v) is 2.22. The van der Waals surface area contributed by atoms with Gasteiger partial charge < -0.3 is 10.6 Å². The maximum Gasteiger partial charge on any atom is 0.208 e. The van der Waals surface area contributed by atoms with Crippen molar-refractivity contribution in [3.05, 3.63) is 5.51 Å². The predicted molar refractivity (Wildman–Crippen MR) is 53.9 cm³/mol. The van der Waals surface area contributed by atoms with E-state index in [0.717, 1.165) is 11.7 Å². The van der Waals surface area contributed by atoms with Gasteiger partial charge in [-0.3, -0.25) is 0 Å². The molecule has 13 heavy (non-hydrogen) atoms. The SMILES string of the molecule is NCCN(c1nncs1)C1CCC1. The molecule has 1 fully saturated rings. The second-order valence-electron chi connectivity index (χ2n) is 3.29. The van der Waals surface area contributed by atoms with E-state index in [1.54, 1.807) is 16.8 Å². The minimum atomic E-state index is 0.663. The quantitative estimate of drug-likeness (QED) is 0.779. The van der Waals surface area contributed by atoms with E-state index in [1.165, 1.54) is 19.3 Å². The molecule has 1 saturated carbocycles. The lowest BCUT2D eigenvalue weighted by Gasteiger charge is -2.36. The summed E-state index contributed by atoms with van der Waals surface area (Å²) in [4.78, 5) is 2.29. The molecule has 4 nitrogen and oxygen atoms in total. The number of hydrogen-bond acceptors (Lipinski definition) is 5. The van der Waals surface area contributed by atoms with E-state index in [0.29, 0.717) is 12.6 Å². The van der Waals surface area contributed by atoms with Crippen molar-refractivity contribution < 1.29 is 0 Å². The number of nitrogens with zero attached hydrogens (tertiary/aromatic N) is 3. The van der Waals surface area contributed by atoms with Crippen LogP contribution in [0.15, 0.2) is 5.51 Å². The molecule has 0 aliphatic heterocycles. The van der Waals surface area contributed by atoms with Crippen LogP contribution >= 0.6 is 11.3 Å². The van der Waals surface area contributed by atoms with E-state index >= 15 is 0 Å². The Hall–Kier alpha value is -0.680. The average molecular weight is 198 g/mol. The molecule has 0 radical (unpaired) electrons. The Kier molecular flexibility index (Phi) is 2.75. The van der Waals surface area contributed by atoms with E-state index in [2.05, 4.69) is 15.1 Å². The van der Waals surface area contributed by atoms with Crippen LogP contribution in [0.5, 0.6) is 0 Å². The molecule has 1 aromatic rings. The molecule has 1 aromatic heterocycles. The standard InChI is InChI=1S/C8H14N4S/c9-4-5-12(7-2-1-3-7)8-11-10-6-13-8/h6-7H,1-5,9H2. The lowest BCUT2D eigenvalue weighted by molar-refractivity contribution is 0.387. The van der Waals surface area contributed by atoms with Gasteiger partial charge in [-0.05, 0) is 19.3 Å². The molecular formula is C8H14N4S. The van der Waals surface area contributed by atoms with Crippen molar-refractivity contribution in [3.63, 3.8) is 0 Å². The highest BCUT2D eigenvalue weighted by molar-refractivity contribution is 7.13. The van der Waals surface area contributed by atoms with Crippen LogP contribution in [0.3, 0.4) is 0 Å². The molecule has 5 heteroatoms. The van der Waals surface area contributed by atoms with Gasteiger partial charge in [-0.2, -0.15) is 0 Å². The van der Waals surface area contributed by atoms with Crippen LogP contribution < -0.4 is 10.6 Å². The molecule has 0 atom stereocenters. The Morgan fingerprint density at radius 3 is 2.92 bits per heavy atom. The van der Waals surface area contributed by atoms with Crippen molar-refractivity contribution in [1.29, 1.82) is 0 Å². The lowest BCUT2D eigenvalue weighted by Crippen LogP contribution is -2.43.